The van der Waals surface area contributed by atoms with Crippen LogP contribution in [0.3, 0.4) is 0 Å². The van der Waals surface area contributed by atoms with Crippen LogP contribution in [0.2, 0.25) is 0 Å². The second-order valence-corrected chi connectivity index (χ2v) is 21.4. The summed E-state index contributed by atoms with van der Waals surface area (Å²) >= 11 is -2.93. The molecule has 7 rings (SSSR count). The van der Waals surface area contributed by atoms with E-state index < -0.39 is 13.9 Å². The van der Waals surface area contributed by atoms with Crippen molar-refractivity contribution in [3.8, 4) is 22.6 Å². The number of fused-ring (bicyclic) bond motifs is 9. The zero-order valence-corrected chi connectivity index (χ0v) is 37.0. The van der Waals surface area contributed by atoms with Crippen LogP contribution in [0.5, 0.6) is 11.5 Å². The summed E-state index contributed by atoms with van der Waals surface area (Å²) in [7, 11) is 7.38. The average Bonchev–Trinajstić information content (AvgIpc) is 3.11. The van der Waals surface area contributed by atoms with Crippen LogP contribution in [0.15, 0.2) is 107 Å². The van der Waals surface area contributed by atoms with E-state index in [0.717, 1.165) is 66.3 Å². The van der Waals surface area contributed by atoms with E-state index in [1.54, 1.807) is 0 Å². The van der Waals surface area contributed by atoms with E-state index in [2.05, 4.69) is 180 Å². The second-order valence-electron chi connectivity index (χ2n) is 19.3. The molecule has 286 valence electrons. The van der Waals surface area contributed by atoms with Crippen LogP contribution < -0.4 is 7.58 Å². The van der Waals surface area contributed by atoms with Gasteiger partial charge in [-0.3, -0.25) is 9.98 Å². The zero-order chi connectivity index (χ0) is 40.4. The SMILES string of the molecule is CC(C)(C)c1cc2c(c(C(C)(C)C)c1)[O][Al]([Cl])[O]c1c(cc(C(C)(C)C)cc1C(C)(C)C)C=Nc1ccc3ccccc3c1-c1c(ccc3ccccc13)N=C2. The van der Waals surface area contributed by atoms with Crippen LogP contribution >= 0.6 is 10.0 Å². The van der Waals surface area contributed by atoms with Gasteiger partial charge in [-0.05, 0) is 89.7 Å². The molecule has 1 aliphatic heterocycles. The van der Waals surface area contributed by atoms with Gasteiger partial charge in [0.05, 0.1) is 22.9 Å². The third kappa shape index (κ3) is 7.92. The average molecular weight is 777 g/mol. The van der Waals surface area contributed by atoms with Gasteiger partial charge in [0.1, 0.15) is 0 Å². The van der Waals surface area contributed by atoms with Gasteiger partial charge in [0, 0.05) is 34.7 Å². The van der Waals surface area contributed by atoms with E-state index in [-0.39, 0.29) is 21.7 Å². The topological polar surface area (TPSA) is 43.2 Å². The van der Waals surface area contributed by atoms with Crippen molar-refractivity contribution in [2.45, 2.75) is 105 Å². The molecule has 0 spiro atoms. The quantitative estimate of drug-likeness (QED) is 0.144. The molecule has 0 aliphatic carbocycles. The minimum atomic E-state index is -2.93. The van der Waals surface area contributed by atoms with E-state index in [0.29, 0.717) is 11.5 Å². The summed E-state index contributed by atoms with van der Waals surface area (Å²) in [6.07, 6.45) is 3.92. The Kier molecular flexibility index (Phi) is 10.3. The molecule has 6 heteroatoms. The van der Waals surface area contributed by atoms with E-state index in [1.807, 2.05) is 12.4 Å². The standard InChI is InChI=1S/C50H56N2O2.Al.ClH/c1-47(2,3)35-25-33(45(53)39(27-35)49(7,8)9)29-51-41-23-21-31-17-13-15-19-37(31)43(41)44-38-20-16-14-18-32(38)22-24-42(44)52-30-34-26-36(48(4,5)6)28-40(46(34)54)50(10,11)12;;/h13-30,53-54H,1-12H3;;1H/q;+3;/p-3. The molecule has 4 nitrogen and oxygen atoms in total. The lowest BCUT2D eigenvalue weighted by Gasteiger charge is -2.31. The summed E-state index contributed by atoms with van der Waals surface area (Å²) < 4.78 is 13.9. The Morgan fingerprint density at radius 3 is 1.20 bits per heavy atom. The Balaban J connectivity index is 1.65. The van der Waals surface area contributed by atoms with E-state index in [9.17, 15) is 0 Å². The van der Waals surface area contributed by atoms with Crippen molar-refractivity contribution in [2.24, 2.45) is 9.98 Å². The molecule has 0 radical (unpaired) electrons. The van der Waals surface area contributed by atoms with Crippen LogP contribution in [0.25, 0.3) is 32.7 Å². The van der Waals surface area contributed by atoms with E-state index >= 15 is 0 Å². The molecule has 1 aliphatic rings. The summed E-state index contributed by atoms with van der Waals surface area (Å²) in [5.41, 5.74) is 9.24. The molecule has 0 bridgehead atoms. The largest absolute Gasteiger partial charge is 0.999 e. The van der Waals surface area contributed by atoms with Gasteiger partial charge >= 0.3 is 13.9 Å². The van der Waals surface area contributed by atoms with Gasteiger partial charge in [-0.2, -0.15) is 10.0 Å². The van der Waals surface area contributed by atoms with E-state index in [4.69, 9.17) is 27.6 Å². The predicted octanol–water partition coefficient (Wildman–Crippen LogP) is 14.3. The Bertz CT molecular complexity index is 2360. The number of aliphatic imine (C=N–C) groups is 2. The first-order valence-electron chi connectivity index (χ1n) is 19.7. The third-order valence-corrected chi connectivity index (χ3v) is 12.1. The lowest BCUT2D eigenvalue weighted by atomic mass is 9.79. The highest BCUT2D eigenvalue weighted by Gasteiger charge is 2.38. The summed E-state index contributed by atoms with van der Waals surface area (Å²) in [6, 6.07) is 34.6. The molecule has 0 N–H and O–H groups in total. The van der Waals surface area contributed by atoms with Crippen LogP contribution in [0.4, 0.5) is 11.4 Å². The number of hydrogen-bond donors (Lipinski definition) is 0. The zero-order valence-electron chi connectivity index (χ0n) is 35.1. The Morgan fingerprint density at radius 1 is 0.464 bits per heavy atom. The van der Waals surface area contributed by atoms with Gasteiger partial charge in [0.15, 0.2) is 0 Å². The highest BCUT2D eigenvalue weighted by atomic mass is 35.6. The molecular weight excluding hydrogens is 723 g/mol. The smallest absolute Gasteiger partial charge is 0.599 e. The van der Waals surface area contributed by atoms with Crippen molar-refractivity contribution in [3.63, 3.8) is 0 Å². The normalized spacial score (nSPS) is 13.9. The fourth-order valence-electron chi connectivity index (χ4n) is 7.49. The van der Waals surface area contributed by atoms with Gasteiger partial charge in [0.2, 0.25) is 0 Å². The summed E-state index contributed by atoms with van der Waals surface area (Å²) in [5.74, 6) is 1.42. The monoisotopic (exact) mass is 776 g/mol. The Labute approximate surface area is 342 Å². The Morgan fingerprint density at radius 2 is 0.839 bits per heavy atom. The van der Waals surface area contributed by atoms with Gasteiger partial charge in [0.25, 0.3) is 0 Å². The van der Waals surface area contributed by atoms with Crippen molar-refractivity contribution < 1.29 is 7.58 Å². The number of hydrogen-bond acceptors (Lipinski definition) is 4. The van der Waals surface area contributed by atoms with Crippen LogP contribution in [-0.2, 0) is 21.7 Å². The predicted molar refractivity (Wildman–Crippen MR) is 242 cm³/mol. The second kappa shape index (κ2) is 14.5. The minimum Gasteiger partial charge on any atom is -0.599 e. The van der Waals surface area contributed by atoms with Gasteiger partial charge < -0.3 is 7.58 Å². The molecule has 6 aromatic rings. The molecule has 0 aromatic heterocycles. The molecule has 0 saturated carbocycles. The minimum absolute atomic E-state index is 0.122. The van der Waals surface area contributed by atoms with Crippen molar-refractivity contribution in [3.05, 3.63) is 130 Å². The highest BCUT2D eigenvalue weighted by Crippen LogP contribution is 2.47. The first kappa shape index (κ1) is 39.8. The first-order chi connectivity index (χ1) is 26.2. The molecule has 56 heavy (non-hydrogen) atoms. The number of rotatable bonds is 0. The highest BCUT2D eigenvalue weighted by molar-refractivity contribution is 7.00. The van der Waals surface area contributed by atoms with Crippen molar-refractivity contribution in [2.75, 3.05) is 0 Å². The number of benzene rings is 6. The van der Waals surface area contributed by atoms with Crippen LogP contribution in [0.1, 0.15) is 116 Å². The molecule has 0 amide bonds. The van der Waals surface area contributed by atoms with Gasteiger partial charge in [-0.25, -0.2) is 0 Å². The van der Waals surface area contributed by atoms with Gasteiger partial charge in [-0.15, -0.1) is 0 Å². The maximum absolute atomic E-state index is 7.38. The Hall–Kier alpha value is -4.40. The van der Waals surface area contributed by atoms with Crippen molar-refractivity contribution >= 4 is 69.3 Å². The molecule has 0 fully saturated rings. The van der Waals surface area contributed by atoms with E-state index in [1.165, 1.54) is 11.1 Å². The molecule has 6 aromatic carbocycles. The molecule has 1 heterocycles. The van der Waals surface area contributed by atoms with Crippen LogP contribution in [0, 0.1) is 0 Å². The summed E-state index contributed by atoms with van der Waals surface area (Å²) in [5, 5.41) is 4.49. The molecule has 0 saturated heterocycles. The summed E-state index contributed by atoms with van der Waals surface area (Å²) in [6.45, 7) is 26.8. The molecule has 0 unspecified atom stereocenters. The number of nitrogens with zero attached hydrogens (tertiary/aromatic N) is 2. The molecular formula is C50H54AlClN2O2. The maximum Gasteiger partial charge on any atom is 0.999 e. The maximum atomic E-state index is 7.38. The fourth-order valence-corrected chi connectivity index (χ4v) is 8.97. The van der Waals surface area contributed by atoms with Crippen molar-refractivity contribution in [1.82, 2.24) is 0 Å². The van der Waals surface area contributed by atoms with Crippen molar-refractivity contribution in [1.29, 1.82) is 0 Å². The number of halogens is 1. The molecule has 0 atom stereocenters. The lowest BCUT2D eigenvalue weighted by molar-refractivity contribution is 0.423. The summed E-state index contributed by atoms with van der Waals surface area (Å²) in [4.78, 5) is 10.7. The first-order valence-corrected chi connectivity index (χ1v) is 22.4. The fraction of sp³-hybridized carbons (Fsp3) is 0.320. The van der Waals surface area contributed by atoms with Crippen LogP contribution in [-0.4, -0.2) is 26.3 Å². The third-order valence-electron chi connectivity index (χ3n) is 10.8. The lowest BCUT2D eigenvalue weighted by Crippen LogP contribution is -2.29. The van der Waals surface area contributed by atoms with Gasteiger partial charge in [-0.1, -0.05) is 156 Å².